The van der Waals surface area contributed by atoms with Gasteiger partial charge in [-0.25, -0.2) is 4.79 Å². The van der Waals surface area contributed by atoms with Gasteiger partial charge in [-0.05, 0) is 12.1 Å². The molecule has 0 fully saturated rings. The van der Waals surface area contributed by atoms with Gasteiger partial charge in [-0.15, -0.1) is 0 Å². The molecule has 3 rings (SSSR count). The molecule has 1 aliphatic rings. The summed E-state index contributed by atoms with van der Waals surface area (Å²) in [5.41, 5.74) is 1.83. The third-order valence-electron chi connectivity index (χ3n) is 3.77. The van der Waals surface area contributed by atoms with Crippen molar-refractivity contribution < 1.29 is 19.1 Å². The summed E-state index contributed by atoms with van der Waals surface area (Å²) in [7, 11) is 1.31. The average molecular weight is 315 g/mol. The van der Waals surface area contributed by atoms with Gasteiger partial charge in [0.25, 0.3) is 5.91 Å². The number of aromatic amines is 1. The lowest BCUT2D eigenvalue weighted by atomic mass is 10.1. The Hall–Kier alpha value is -2.83. The van der Waals surface area contributed by atoms with Crippen molar-refractivity contribution in [3.63, 3.8) is 0 Å². The SMILES string of the molecule is COC(=O)c1n[nH]c2c1CN(C(=O)COc1ccccc1)CC2. The van der Waals surface area contributed by atoms with E-state index >= 15 is 0 Å². The molecule has 0 bridgehead atoms. The van der Waals surface area contributed by atoms with Crippen molar-refractivity contribution in [3.8, 4) is 5.75 Å². The van der Waals surface area contributed by atoms with Gasteiger partial charge in [0.1, 0.15) is 5.75 Å². The van der Waals surface area contributed by atoms with Gasteiger partial charge in [0.05, 0.1) is 13.7 Å². The van der Waals surface area contributed by atoms with E-state index < -0.39 is 5.97 Å². The summed E-state index contributed by atoms with van der Waals surface area (Å²) in [6.45, 7) is 0.852. The Kier molecular flexibility index (Phi) is 4.27. The Morgan fingerprint density at radius 1 is 1.30 bits per heavy atom. The van der Waals surface area contributed by atoms with Crippen molar-refractivity contribution in [2.24, 2.45) is 0 Å². The lowest BCUT2D eigenvalue weighted by Crippen LogP contribution is -2.39. The Balaban J connectivity index is 1.65. The summed E-state index contributed by atoms with van der Waals surface area (Å²) in [6, 6.07) is 9.18. The number of hydrogen-bond acceptors (Lipinski definition) is 5. The van der Waals surface area contributed by atoms with E-state index in [4.69, 9.17) is 9.47 Å². The normalized spacial score (nSPS) is 13.3. The molecule has 0 aliphatic carbocycles. The van der Waals surface area contributed by atoms with Crippen LogP contribution in [0.25, 0.3) is 0 Å². The monoisotopic (exact) mass is 315 g/mol. The summed E-state index contributed by atoms with van der Waals surface area (Å²) >= 11 is 0. The maximum Gasteiger partial charge on any atom is 0.358 e. The average Bonchev–Trinajstić information content (AvgIpc) is 3.03. The summed E-state index contributed by atoms with van der Waals surface area (Å²) in [4.78, 5) is 25.7. The molecule has 23 heavy (non-hydrogen) atoms. The number of benzene rings is 1. The third kappa shape index (κ3) is 3.18. The zero-order valence-electron chi connectivity index (χ0n) is 12.7. The number of methoxy groups -OCH3 is 1. The van der Waals surface area contributed by atoms with Gasteiger partial charge in [0.15, 0.2) is 12.3 Å². The van der Waals surface area contributed by atoms with E-state index in [9.17, 15) is 9.59 Å². The molecule has 120 valence electrons. The van der Waals surface area contributed by atoms with Crippen LogP contribution in [0.15, 0.2) is 30.3 Å². The Bertz CT molecular complexity index is 711. The molecule has 0 saturated heterocycles. The van der Waals surface area contributed by atoms with E-state index in [2.05, 4.69) is 10.2 Å². The van der Waals surface area contributed by atoms with E-state index in [1.54, 1.807) is 17.0 Å². The number of carbonyl (C=O) groups is 2. The largest absolute Gasteiger partial charge is 0.484 e. The van der Waals surface area contributed by atoms with Gasteiger partial charge >= 0.3 is 5.97 Å². The predicted molar refractivity (Wildman–Crippen MR) is 81.0 cm³/mol. The summed E-state index contributed by atoms with van der Waals surface area (Å²) in [5, 5.41) is 6.83. The van der Waals surface area contributed by atoms with Crippen LogP contribution in [0.1, 0.15) is 21.7 Å². The highest BCUT2D eigenvalue weighted by Gasteiger charge is 2.28. The van der Waals surface area contributed by atoms with Crippen molar-refractivity contribution in [2.45, 2.75) is 13.0 Å². The fourth-order valence-corrected chi connectivity index (χ4v) is 2.53. The van der Waals surface area contributed by atoms with Crippen LogP contribution >= 0.6 is 0 Å². The van der Waals surface area contributed by atoms with Gasteiger partial charge in [-0.1, -0.05) is 18.2 Å². The Morgan fingerprint density at radius 3 is 2.83 bits per heavy atom. The second kappa shape index (κ2) is 6.51. The molecule has 0 radical (unpaired) electrons. The number of nitrogens with one attached hydrogen (secondary N) is 1. The second-order valence-corrected chi connectivity index (χ2v) is 5.19. The first-order chi connectivity index (χ1) is 11.2. The molecule has 7 heteroatoms. The van der Waals surface area contributed by atoms with Crippen molar-refractivity contribution >= 4 is 11.9 Å². The van der Waals surface area contributed by atoms with Gasteiger partial charge in [0.2, 0.25) is 0 Å². The van der Waals surface area contributed by atoms with Gasteiger partial charge < -0.3 is 14.4 Å². The molecule has 0 atom stereocenters. The summed E-state index contributed by atoms with van der Waals surface area (Å²) in [5.74, 6) is 0.0194. The number of hydrogen-bond donors (Lipinski definition) is 1. The highest BCUT2D eigenvalue weighted by atomic mass is 16.5. The first-order valence-electron chi connectivity index (χ1n) is 7.29. The first-order valence-corrected chi connectivity index (χ1v) is 7.29. The highest BCUT2D eigenvalue weighted by Crippen LogP contribution is 2.21. The van der Waals surface area contributed by atoms with Gasteiger partial charge in [-0.2, -0.15) is 5.10 Å². The van der Waals surface area contributed by atoms with E-state index in [1.165, 1.54) is 7.11 Å². The number of H-pyrrole nitrogens is 1. The molecule has 1 aromatic carbocycles. The maximum atomic E-state index is 12.3. The minimum atomic E-state index is -0.502. The highest BCUT2D eigenvalue weighted by molar-refractivity contribution is 5.89. The molecule has 7 nitrogen and oxygen atoms in total. The van der Waals surface area contributed by atoms with E-state index in [0.717, 1.165) is 11.3 Å². The van der Waals surface area contributed by atoms with Crippen molar-refractivity contribution in [1.82, 2.24) is 15.1 Å². The minimum absolute atomic E-state index is 0.0369. The standard InChI is InChI=1S/C16H17N3O4/c1-22-16(21)15-12-9-19(8-7-13(12)17-18-15)14(20)10-23-11-5-3-2-4-6-11/h2-6H,7-10H2,1H3,(H,17,18). The number of carbonyl (C=O) groups excluding carboxylic acids is 2. The fraction of sp³-hybridized carbons (Fsp3) is 0.312. The number of amides is 1. The van der Waals surface area contributed by atoms with Crippen LogP contribution in [-0.4, -0.2) is 47.2 Å². The predicted octanol–water partition coefficient (Wildman–Crippen LogP) is 1.16. The van der Waals surface area contributed by atoms with Crippen LogP contribution in [0.4, 0.5) is 0 Å². The number of nitrogens with zero attached hydrogens (tertiary/aromatic N) is 2. The molecular formula is C16H17N3O4. The van der Waals surface area contributed by atoms with Crippen molar-refractivity contribution in [2.75, 3.05) is 20.3 Å². The van der Waals surface area contributed by atoms with Crippen LogP contribution in [0.2, 0.25) is 0 Å². The smallest absolute Gasteiger partial charge is 0.358 e. The van der Waals surface area contributed by atoms with Crippen LogP contribution in [0, 0.1) is 0 Å². The van der Waals surface area contributed by atoms with Crippen LogP contribution in [0.5, 0.6) is 5.75 Å². The second-order valence-electron chi connectivity index (χ2n) is 5.19. The van der Waals surface area contributed by atoms with Gasteiger partial charge in [0, 0.05) is 24.2 Å². The van der Waals surface area contributed by atoms with Crippen LogP contribution in [0.3, 0.4) is 0 Å². The first kappa shape index (κ1) is 15.1. The number of aromatic nitrogens is 2. The Morgan fingerprint density at radius 2 is 2.09 bits per heavy atom. The molecule has 1 amide bonds. The quantitative estimate of drug-likeness (QED) is 0.856. The minimum Gasteiger partial charge on any atom is -0.484 e. The molecule has 1 aliphatic heterocycles. The number of ether oxygens (including phenoxy) is 2. The lowest BCUT2D eigenvalue weighted by Gasteiger charge is -2.27. The van der Waals surface area contributed by atoms with E-state index in [1.807, 2.05) is 18.2 Å². The van der Waals surface area contributed by atoms with Crippen LogP contribution < -0.4 is 4.74 Å². The third-order valence-corrected chi connectivity index (χ3v) is 3.77. The molecule has 2 aromatic rings. The maximum absolute atomic E-state index is 12.3. The molecule has 1 aromatic heterocycles. The van der Waals surface area contributed by atoms with E-state index in [0.29, 0.717) is 25.3 Å². The zero-order chi connectivity index (χ0) is 16.2. The van der Waals surface area contributed by atoms with Crippen LogP contribution in [-0.2, 0) is 22.5 Å². The lowest BCUT2D eigenvalue weighted by molar-refractivity contribution is -0.134. The van der Waals surface area contributed by atoms with Gasteiger partial charge in [-0.3, -0.25) is 9.89 Å². The molecule has 0 unspecified atom stereocenters. The summed E-state index contributed by atoms with van der Waals surface area (Å²) in [6.07, 6.45) is 0.621. The van der Waals surface area contributed by atoms with E-state index in [-0.39, 0.29) is 18.2 Å². The Labute approximate surface area is 133 Å². The summed E-state index contributed by atoms with van der Waals surface area (Å²) < 4.78 is 10.2. The van der Waals surface area contributed by atoms with Crippen molar-refractivity contribution in [1.29, 1.82) is 0 Å². The number of para-hydroxylation sites is 1. The molecule has 1 N–H and O–H groups in total. The fourth-order valence-electron chi connectivity index (χ4n) is 2.53. The molecular weight excluding hydrogens is 298 g/mol. The number of rotatable bonds is 4. The molecule has 0 saturated carbocycles. The number of fused-ring (bicyclic) bond motifs is 1. The zero-order valence-corrected chi connectivity index (χ0v) is 12.7. The molecule has 0 spiro atoms. The van der Waals surface area contributed by atoms with Crippen molar-refractivity contribution in [3.05, 3.63) is 47.3 Å². The number of esters is 1. The molecule has 2 heterocycles. The topological polar surface area (TPSA) is 84.5 Å².